The van der Waals surface area contributed by atoms with Gasteiger partial charge in [-0.25, -0.2) is 0 Å². The number of anilines is 1. The summed E-state index contributed by atoms with van der Waals surface area (Å²) in [5.74, 6) is -0.720. The number of benzene rings is 1. The zero-order valence-electron chi connectivity index (χ0n) is 15.4. The summed E-state index contributed by atoms with van der Waals surface area (Å²) in [7, 11) is 0. The monoisotopic (exact) mass is 433 g/mol. The Morgan fingerprint density at radius 2 is 1.81 bits per heavy atom. The van der Waals surface area contributed by atoms with Crippen molar-refractivity contribution in [2.45, 2.75) is 52.9 Å². The van der Waals surface area contributed by atoms with Crippen molar-refractivity contribution in [1.29, 1.82) is 0 Å². The Morgan fingerprint density at radius 1 is 1.15 bits per heavy atom. The zero-order chi connectivity index (χ0) is 20.2. The molecule has 8 nitrogen and oxygen atoms in total. The average Bonchev–Trinajstić information content (AvgIpc) is 2.53. The van der Waals surface area contributed by atoms with Crippen LogP contribution in [0.3, 0.4) is 0 Å². The fourth-order valence-corrected chi connectivity index (χ4v) is 3.11. The first kappa shape index (κ1) is 24.2. The number of rotatable bonds is 8. The van der Waals surface area contributed by atoms with Gasteiger partial charge in [0.15, 0.2) is 0 Å². The first-order chi connectivity index (χ1) is 12.1. The standard InChI is InChI=1S/C9H18O2.C8H10AsNO5/c1-3-5-6-7-8-9(10)11-4-2;1-5(11)10-7-4-6(9(13,14)15)2-3-8(7)12/h3-8H2,1-2H3;2-4,12H,1H3,(H,10,11)(H2,13,14,15). The fraction of sp³-hybridized carbons (Fsp3) is 0.529. The van der Waals surface area contributed by atoms with Gasteiger partial charge >= 0.3 is 94.1 Å². The summed E-state index contributed by atoms with van der Waals surface area (Å²) in [6.45, 7) is 5.73. The topological polar surface area (TPSA) is 133 Å². The predicted molar refractivity (Wildman–Crippen MR) is 98.3 cm³/mol. The van der Waals surface area contributed by atoms with Crippen LogP contribution in [-0.4, -0.2) is 46.0 Å². The summed E-state index contributed by atoms with van der Waals surface area (Å²) in [6, 6.07) is 3.32. The van der Waals surface area contributed by atoms with Gasteiger partial charge in [-0.2, -0.15) is 0 Å². The smallest absolute Gasteiger partial charge is 0.305 e. The van der Waals surface area contributed by atoms with Crippen molar-refractivity contribution in [3.05, 3.63) is 18.2 Å². The van der Waals surface area contributed by atoms with Crippen LogP contribution in [0.15, 0.2) is 18.2 Å². The fourth-order valence-electron chi connectivity index (χ4n) is 1.92. The normalized spacial score (nSPS) is 10.5. The van der Waals surface area contributed by atoms with Crippen LogP contribution in [0.1, 0.15) is 52.9 Å². The van der Waals surface area contributed by atoms with E-state index in [2.05, 4.69) is 12.2 Å². The molecule has 0 radical (unpaired) electrons. The van der Waals surface area contributed by atoms with Crippen molar-refractivity contribution in [1.82, 2.24) is 0 Å². The SMILES string of the molecule is CC(=O)Nc1cc([As](=O)(O)O)ccc1O.CCCCCCC(=O)OCC. The van der Waals surface area contributed by atoms with Gasteiger partial charge in [0.1, 0.15) is 0 Å². The van der Waals surface area contributed by atoms with Crippen LogP contribution < -0.4 is 9.67 Å². The number of ether oxygens (including phenoxy) is 1. The molecule has 0 aliphatic rings. The molecule has 0 saturated carbocycles. The molecular weight excluding hydrogens is 405 g/mol. The average molecular weight is 433 g/mol. The molecule has 0 fully saturated rings. The molecule has 0 spiro atoms. The predicted octanol–water partition coefficient (Wildman–Crippen LogP) is 1.43. The van der Waals surface area contributed by atoms with E-state index in [1.165, 1.54) is 19.8 Å². The Hall–Kier alpha value is -1.76. The van der Waals surface area contributed by atoms with Crippen LogP contribution in [0.25, 0.3) is 0 Å². The second-order valence-electron chi connectivity index (χ2n) is 5.54. The number of carbonyl (C=O) groups is 2. The summed E-state index contributed by atoms with van der Waals surface area (Å²) < 4.78 is 33.4. The van der Waals surface area contributed by atoms with Crippen molar-refractivity contribution in [3.8, 4) is 5.75 Å². The van der Waals surface area contributed by atoms with Crippen molar-refractivity contribution >= 4 is 36.1 Å². The third-order valence-corrected chi connectivity index (χ3v) is 5.16. The van der Waals surface area contributed by atoms with Crippen LogP contribution >= 0.6 is 0 Å². The molecule has 1 aromatic carbocycles. The molecule has 1 amide bonds. The summed E-state index contributed by atoms with van der Waals surface area (Å²) in [5.41, 5.74) is -0.00951. The first-order valence-corrected chi connectivity index (χ1v) is 11.8. The number of aromatic hydroxyl groups is 1. The quantitative estimate of drug-likeness (QED) is 0.211. The molecule has 0 heterocycles. The van der Waals surface area contributed by atoms with Gasteiger partial charge in [-0.1, -0.05) is 26.2 Å². The van der Waals surface area contributed by atoms with E-state index in [4.69, 9.17) is 12.9 Å². The third kappa shape index (κ3) is 11.0. The number of phenolic OH excluding ortho intramolecular Hbond substituents is 1. The Kier molecular flexibility index (Phi) is 11.7. The largest absolute Gasteiger partial charge is 0.466 e. The number of amides is 1. The van der Waals surface area contributed by atoms with E-state index in [1.54, 1.807) is 0 Å². The summed E-state index contributed by atoms with van der Waals surface area (Å²) in [6.07, 6.45) is 5.15. The van der Waals surface area contributed by atoms with Gasteiger partial charge < -0.3 is 4.74 Å². The molecule has 0 aliphatic carbocycles. The van der Waals surface area contributed by atoms with Gasteiger partial charge in [0, 0.05) is 6.42 Å². The van der Waals surface area contributed by atoms with Crippen molar-refractivity contribution in [2.24, 2.45) is 0 Å². The Balaban J connectivity index is 0.000000508. The van der Waals surface area contributed by atoms with E-state index in [1.807, 2.05) is 6.92 Å². The van der Waals surface area contributed by atoms with Crippen molar-refractivity contribution in [2.75, 3.05) is 11.9 Å². The molecule has 0 saturated heterocycles. The van der Waals surface area contributed by atoms with Gasteiger partial charge in [-0.15, -0.1) is 0 Å². The van der Waals surface area contributed by atoms with E-state index in [0.29, 0.717) is 13.0 Å². The first-order valence-electron chi connectivity index (χ1n) is 8.44. The molecule has 148 valence electrons. The van der Waals surface area contributed by atoms with E-state index >= 15 is 0 Å². The maximum atomic E-state index is 10.9. The zero-order valence-corrected chi connectivity index (χ0v) is 17.3. The minimum atomic E-state index is -4.98. The molecule has 1 rings (SSSR count). The van der Waals surface area contributed by atoms with Gasteiger partial charge in [-0.05, 0) is 13.3 Å². The van der Waals surface area contributed by atoms with Gasteiger partial charge in [0.2, 0.25) is 0 Å². The molecule has 1 aromatic rings. The molecule has 26 heavy (non-hydrogen) atoms. The number of esters is 1. The number of carbonyl (C=O) groups excluding carboxylic acids is 2. The molecule has 4 N–H and O–H groups in total. The third-order valence-electron chi connectivity index (χ3n) is 3.17. The molecular formula is C17H28AsNO7. The minimum Gasteiger partial charge on any atom is -0.466 e. The second-order valence-corrected chi connectivity index (χ2v) is 8.91. The number of phenols is 1. The maximum Gasteiger partial charge on any atom is 0.305 e. The van der Waals surface area contributed by atoms with Crippen LogP contribution in [0.5, 0.6) is 5.75 Å². The number of nitrogens with one attached hydrogen (secondary N) is 1. The van der Waals surface area contributed by atoms with E-state index < -0.39 is 20.1 Å². The van der Waals surface area contributed by atoms with Gasteiger partial charge in [-0.3, -0.25) is 4.79 Å². The van der Waals surface area contributed by atoms with Crippen molar-refractivity contribution < 1.29 is 31.4 Å². The van der Waals surface area contributed by atoms with Crippen LogP contribution in [0.2, 0.25) is 0 Å². The Labute approximate surface area is 156 Å². The minimum absolute atomic E-state index is 0.00951. The summed E-state index contributed by atoms with van der Waals surface area (Å²) >= 11 is -4.98. The van der Waals surface area contributed by atoms with E-state index in [9.17, 15) is 18.4 Å². The van der Waals surface area contributed by atoms with Crippen LogP contribution in [0, 0.1) is 0 Å². The summed E-state index contributed by atoms with van der Waals surface area (Å²) in [5, 5.41) is 11.6. The number of hydrogen-bond donors (Lipinski definition) is 4. The maximum absolute atomic E-state index is 10.9. The molecule has 0 atom stereocenters. The van der Waals surface area contributed by atoms with Crippen LogP contribution in [0.4, 0.5) is 5.69 Å². The Morgan fingerprint density at radius 3 is 2.31 bits per heavy atom. The molecule has 0 unspecified atom stereocenters. The molecule has 0 aromatic heterocycles. The Bertz CT molecular complexity index is 628. The molecule has 0 aliphatic heterocycles. The summed E-state index contributed by atoms with van der Waals surface area (Å²) in [4.78, 5) is 21.5. The second kappa shape index (κ2) is 12.6. The van der Waals surface area contributed by atoms with Gasteiger partial charge in [0.05, 0.1) is 6.61 Å². The molecule has 0 bridgehead atoms. The number of hydrogen-bond acceptors (Lipinski definition) is 5. The number of unbranched alkanes of at least 4 members (excludes halogenated alkanes) is 3. The van der Waals surface area contributed by atoms with E-state index in [-0.39, 0.29) is 21.8 Å². The van der Waals surface area contributed by atoms with Crippen molar-refractivity contribution in [3.63, 3.8) is 0 Å². The van der Waals surface area contributed by atoms with E-state index in [0.717, 1.165) is 31.0 Å². The van der Waals surface area contributed by atoms with Crippen LogP contribution in [-0.2, 0) is 18.1 Å². The van der Waals surface area contributed by atoms with Gasteiger partial charge in [0.25, 0.3) is 0 Å². The molecule has 9 heteroatoms.